The summed E-state index contributed by atoms with van der Waals surface area (Å²) in [5.74, 6) is 1.42. The lowest BCUT2D eigenvalue weighted by Crippen LogP contribution is -2.47. The Labute approximate surface area is 126 Å². The van der Waals surface area contributed by atoms with Crippen LogP contribution in [0.4, 0.5) is 0 Å². The van der Waals surface area contributed by atoms with Gasteiger partial charge < -0.3 is 15.4 Å². The lowest BCUT2D eigenvalue weighted by atomic mass is 9.75. The van der Waals surface area contributed by atoms with Crippen molar-refractivity contribution in [3.8, 4) is 5.75 Å². The van der Waals surface area contributed by atoms with Gasteiger partial charge in [-0.25, -0.2) is 0 Å². The van der Waals surface area contributed by atoms with Gasteiger partial charge in [0, 0.05) is 18.5 Å². The van der Waals surface area contributed by atoms with Crippen LogP contribution in [-0.2, 0) is 4.79 Å². The topological polar surface area (TPSA) is 50.4 Å². The molecular formula is C17H24N2O2. The first kappa shape index (κ1) is 14.4. The van der Waals surface area contributed by atoms with Crippen molar-refractivity contribution < 1.29 is 9.53 Å². The molecule has 1 aromatic rings. The molecule has 0 bridgehead atoms. The van der Waals surface area contributed by atoms with Gasteiger partial charge in [0.2, 0.25) is 5.91 Å². The summed E-state index contributed by atoms with van der Waals surface area (Å²) in [5, 5.41) is 6.63. The monoisotopic (exact) mass is 288 g/mol. The van der Waals surface area contributed by atoms with E-state index in [1.165, 1.54) is 0 Å². The minimum atomic E-state index is -0.271. The molecule has 4 heteroatoms. The Hall–Kier alpha value is -1.55. The Bertz CT molecular complexity index is 521. The molecule has 21 heavy (non-hydrogen) atoms. The molecule has 2 unspecified atom stereocenters. The lowest BCUT2D eigenvalue weighted by Gasteiger charge is -2.34. The molecule has 0 aromatic heterocycles. The predicted molar refractivity (Wildman–Crippen MR) is 82.2 cm³/mol. The zero-order valence-corrected chi connectivity index (χ0v) is 12.8. The largest absolute Gasteiger partial charge is 0.493 e. The minimum Gasteiger partial charge on any atom is -0.493 e. The first-order valence-electron chi connectivity index (χ1n) is 7.87. The summed E-state index contributed by atoms with van der Waals surface area (Å²) < 4.78 is 5.67. The Kier molecular flexibility index (Phi) is 3.89. The van der Waals surface area contributed by atoms with Crippen LogP contribution in [0.1, 0.15) is 38.3 Å². The molecule has 3 rings (SSSR count). The molecule has 2 aliphatic heterocycles. The van der Waals surface area contributed by atoms with Gasteiger partial charge in [-0.3, -0.25) is 4.79 Å². The number of ether oxygens (including phenoxy) is 1. The second-order valence-electron chi connectivity index (χ2n) is 6.44. The fourth-order valence-electron chi connectivity index (χ4n) is 3.45. The van der Waals surface area contributed by atoms with Gasteiger partial charge in [-0.05, 0) is 24.9 Å². The molecule has 0 saturated carbocycles. The van der Waals surface area contributed by atoms with E-state index in [1.807, 2.05) is 24.3 Å². The van der Waals surface area contributed by atoms with Crippen molar-refractivity contribution in [2.24, 2.45) is 11.3 Å². The van der Waals surface area contributed by atoms with Gasteiger partial charge in [0.05, 0.1) is 18.1 Å². The quantitative estimate of drug-likeness (QED) is 0.897. The molecule has 0 radical (unpaired) electrons. The third-order valence-corrected chi connectivity index (χ3v) is 5.01. The molecule has 2 N–H and O–H groups in total. The maximum Gasteiger partial charge on any atom is 0.228 e. The first-order valence-corrected chi connectivity index (χ1v) is 7.87. The maximum absolute atomic E-state index is 12.9. The fourth-order valence-corrected chi connectivity index (χ4v) is 3.45. The summed E-state index contributed by atoms with van der Waals surface area (Å²) in [6.07, 6.45) is 1.76. The highest BCUT2D eigenvalue weighted by Gasteiger charge is 2.44. The van der Waals surface area contributed by atoms with E-state index in [9.17, 15) is 4.79 Å². The standard InChI is InChI=1S/C17H24N2O2/c1-12(2)17(8-9-18-11-17)16(20)19-14-7-10-21-15-6-4-3-5-13(14)15/h3-6,12,14,18H,7-11H2,1-2H3,(H,19,20). The van der Waals surface area contributed by atoms with Crippen LogP contribution in [0.2, 0.25) is 0 Å². The van der Waals surface area contributed by atoms with Crippen LogP contribution < -0.4 is 15.4 Å². The van der Waals surface area contributed by atoms with Crippen LogP contribution in [0, 0.1) is 11.3 Å². The highest BCUT2D eigenvalue weighted by Crippen LogP contribution is 2.37. The molecule has 1 saturated heterocycles. The number of rotatable bonds is 3. The number of carbonyl (C=O) groups is 1. The predicted octanol–water partition coefficient (Wildman–Crippen LogP) is 2.26. The van der Waals surface area contributed by atoms with Crippen LogP contribution in [-0.4, -0.2) is 25.6 Å². The van der Waals surface area contributed by atoms with Gasteiger partial charge in [-0.1, -0.05) is 32.0 Å². The van der Waals surface area contributed by atoms with E-state index < -0.39 is 0 Å². The molecule has 2 heterocycles. The summed E-state index contributed by atoms with van der Waals surface area (Å²) in [7, 11) is 0. The number of benzene rings is 1. The van der Waals surface area contributed by atoms with E-state index in [0.29, 0.717) is 12.5 Å². The molecule has 0 aliphatic carbocycles. The summed E-state index contributed by atoms with van der Waals surface area (Å²) in [5.41, 5.74) is 0.828. The summed E-state index contributed by atoms with van der Waals surface area (Å²) in [4.78, 5) is 12.9. The molecule has 2 atom stereocenters. The Balaban J connectivity index is 1.79. The fraction of sp³-hybridized carbons (Fsp3) is 0.588. The first-order chi connectivity index (χ1) is 10.1. The molecule has 4 nitrogen and oxygen atoms in total. The number of hydrogen-bond acceptors (Lipinski definition) is 3. The van der Waals surface area contributed by atoms with Crippen molar-refractivity contribution in [2.75, 3.05) is 19.7 Å². The highest BCUT2D eigenvalue weighted by molar-refractivity contribution is 5.84. The molecular weight excluding hydrogens is 264 g/mol. The van der Waals surface area contributed by atoms with Crippen LogP contribution in [0.15, 0.2) is 24.3 Å². The van der Waals surface area contributed by atoms with Crippen LogP contribution >= 0.6 is 0 Å². The van der Waals surface area contributed by atoms with Crippen molar-refractivity contribution in [2.45, 2.75) is 32.7 Å². The normalized spacial score (nSPS) is 28.0. The van der Waals surface area contributed by atoms with E-state index in [-0.39, 0.29) is 17.4 Å². The molecule has 0 spiro atoms. The Morgan fingerprint density at radius 2 is 2.24 bits per heavy atom. The van der Waals surface area contributed by atoms with E-state index in [4.69, 9.17) is 4.74 Å². The average molecular weight is 288 g/mol. The van der Waals surface area contributed by atoms with Crippen LogP contribution in [0.3, 0.4) is 0 Å². The number of fused-ring (bicyclic) bond motifs is 1. The second-order valence-corrected chi connectivity index (χ2v) is 6.44. The van der Waals surface area contributed by atoms with Gasteiger partial charge in [-0.15, -0.1) is 0 Å². The van der Waals surface area contributed by atoms with Crippen LogP contribution in [0.5, 0.6) is 5.75 Å². The molecule has 1 amide bonds. The third-order valence-electron chi connectivity index (χ3n) is 5.01. The number of carbonyl (C=O) groups excluding carboxylic acids is 1. The highest BCUT2D eigenvalue weighted by atomic mass is 16.5. The van der Waals surface area contributed by atoms with Gasteiger partial charge in [0.15, 0.2) is 0 Å². The molecule has 1 fully saturated rings. The van der Waals surface area contributed by atoms with Gasteiger partial charge in [0.25, 0.3) is 0 Å². The van der Waals surface area contributed by atoms with Crippen molar-refractivity contribution in [1.29, 1.82) is 0 Å². The number of amides is 1. The molecule has 1 aromatic carbocycles. The summed E-state index contributed by atoms with van der Waals surface area (Å²) >= 11 is 0. The minimum absolute atomic E-state index is 0.0682. The molecule has 2 aliphatic rings. The second kappa shape index (κ2) is 5.68. The van der Waals surface area contributed by atoms with Crippen LogP contribution in [0.25, 0.3) is 0 Å². The van der Waals surface area contributed by atoms with E-state index >= 15 is 0 Å². The zero-order chi connectivity index (χ0) is 14.9. The van der Waals surface area contributed by atoms with Gasteiger partial charge in [-0.2, -0.15) is 0 Å². The zero-order valence-electron chi connectivity index (χ0n) is 12.8. The van der Waals surface area contributed by atoms with Crippen molar-refractivity contribution in [3.05, 3.63) is 29.8 Å². The third kappa shape index (κ3) is 2.53. The Morgan fingerprint density at radius 1 is 1.43 bits per heavy atom. The summed E-state index contributed by atoms with van der Waals surface area (Å²) in [6.45, 7) is 6.65. The maximum atomic E-state index is 12.9. The van der Waals surface area contributed by atoms with E-state index in [2.05, 4.69) is 24.5 Å². The number of hydrogen-bond donors (Lipinski definition) is 2. The SMILES string of the molecule is CC(C)C1(C(=O)NC2CCOc3ccccc32)CCNC1. The molecule has 114 valence electrons. The van der Waals surface area contributed by atoms with E-state index in [1.54, 1.807) is 0 Å². The number of nitrogens with one attached hydrogen (secondary N) is 2. The smallest absolute Gasteiger partial charge is 0.228 e. The van der Waals surface area contributed by atoms with Gasteiger partial charge in [0.1, 0.15) is 5.75 Å². The Morgan fingerprint density at radius 3 is 2.95 bits per heavy atom. The van der Waals surface area contributed by atoms with E-state index in [0.717, 1.165) is 37.2 Å². The van der Waals surface area contributed by atoms with Crippen molar-refractivity contribution in [3.63, 3.8) is 0 Å². The average Bonchev–Trinajstić information content (AvgIpc) is 2.98. The van der Waals surface area contributed by atoms with Gasteiger partial charge >= 0.3 is 0 Å². The lowest BCUT2D eigenvalue weighted by molar-refractivity contribution is -0.133. The van der Waals surface area contributed by atoms with Crippen molar-refractivity contribution >= 4 is 5.91 Å². The van der Waals surface area contributed by atoms with Crippen molar-refractivity contribution in [1.82, 2.24) is 10.6 Å². The number of para-hydroxylation sites is 1. The summed E-state index contributed by atoms with van der Waals surface area (Å²) in [6, 6.07) is 8.07.